The standard InChI is InChI=1S/C22H26N2O4/c1-23-21(26)22(12-4-5-13-22)16-7-9-17(10-8-16)24-20(25)15-6-11-18(27-2)19(14-15)28-3/h6-11,14H,4-5,12-13H2,1-3H3,(H,23,26)(H,24,25). The molecule has 2 aromatic rings. The Morgan fingerprint density at radius 3 is 2.14 bits per heavy atom. The number of hydrogen-bond donors (Lipinski definition) is 2. The lowest BCUT2D eigenvalue weighted by Crippen LogP contribution is -2.40. The molecule has 0 spiro atoms. The van der Waals surface area contributed by atoms with Gasteiger partial charge in [-0.1, -0.05) is 25.0 Å². The summed E-state index contributed by atoms with van der Waals surface area (Å²) >= 11 is 0. The van der Waals surface area contributed by atoms with Gasteiger partial charge in [-0.2, -0.15) is 0 Å². The van der Waals surface area contributed by atoms with Crippen LogP contribution in [0.5, 0.6) is 11.5 Å². The maximum atomic E-state index is 12.6. The largest absolute Gasteiger partial charge is 0.493 e. The normalized spacial score (nSPS) is 15.0. The first-order valence-electron chi connectivity index (χ1n) is 9.40. The molecule has 6 heteroatoms. The number of methoxy groups -OCH3 is 2. The zero-order valence-corrected chi connectivity index (χ0v) is 16.5. The molecule has 6 nitrogen and oxygen atoms in total. The highest BCUT2D eigenvalue weighted by atomic mass is 16.5. The average Bonchev–Trinajstić information content (AvgIpc) is 3.24. The van der Waals surface area contributed by atoms with Crippen LogP contribution in [-0.4, -0.2) is 33.1 Å². The van der Waals surface area contributed by atoms with Crippen molar-refractivity contribution in [2.45, 2.75) is 31.1 Å². The van der Waals surface area contributed by atoms with Gasteiger partial charge in [-0.05, 0) is 48.7 Å². The number of carbonyl (C=O) groups is 2. The molecule has 2 aromatic carbocycles. The van der Waals surface area contributed by atoms with Gasteiger partial charge in [0.25, 0.3) is 5.91 Å². The summed E-state index contributed by atoms with van der Waals surface area (Å²) in [7, 11) is 4.76. The molecule has 0 heterocycles. The molecule has 1 aliphatic carbocycles. The molecule has 1 aliphatic rings. The Labute approximate surface area is 165 Å². The molecule has 0 aliphatic heterocycles. The second-order valence-electron chi connectivity index (χ2n) is 6.97. The van der Waals surface area contributed by atoms with Gasteiger partial charge in [0.15, 0.2) is 11.5 Å². The van der Waals surface area contributed by atoms with Crippen LogP contribution >= 0.6 is 0 Å². The number of carbonyl (C=O) groups excluding carboxylic acids is 2. The van der Waals surface area contributed by atoms with Crippen LogP contribution in [0.25, 0.3) is 0 Å². The lowest BCUT2D eigenvalue weighted by Gasteiger charge is -2.27. The molecule has 0 aromatic heterocycles. The van der Waals surface area contributed by atoms with Crippen molar-refractivity contribution in [3.8, 4) is 11.5 Å². The number of anilines is 1. The minimum Gasteiger partial charge on any atom is -0.493 e. The maximum absolute atomic E-state index is 12.6. The highest BCUT2D eigenvalue weighted by molar-refractivity contribution is 6.04. The van der Waals surface area contributed by atoms with E-state index >= 15 is 0 Å². The van der Waals surface area contributed by atoms with E-state index in [1.165, 1.54) is 7.11 Å². The van der Waals surface area contributed by atoms with Gasteiger partial charge < -0.3 is 20.1 Å². The summed E-state index contributed by atoms with van der Waals surface area (Å²) in [6, 6.07) is 12.6. The van der Waals surface area contributed by atoms with E-state index in [2.05, 4.69) is 10.6 Å². The minimum atomic E-state index is -0.458. The summed E-state index contributed by atoms with van der Waals surface area (Å²) in [5.41, 5.74) is 1.68. The molecule has 0 bridgehead atoms. The van der Waals surface area contributed by atoms with Gasteiger partial charge in [-0.25, -0.2) is 0 Å². The zero-order valence-electron chi connectivity index (χ0n) is 16.5. The van der Waals surface area contributed by atoms with E-state index in [0.29, 0.717) is 22.7 Å². The summed E-state index contributed by atoms with van der Waals surface area (Å²) in [6.45, 7) is 0. The van der Waals surface area contributed by atoms with Crippen molar-refractivity contribution in [2.24, 2.45) is 0 Å². The predicted octanol–water partition coefficient (Wildman–Crippen LogP) is 3.51. The van der Waals surface area contributed by atoms with Crippen LogP contribution in [0.3, 0.4) is 0 Å². The first-order chi connectivity index (χ1) is 13.5. The van der Waals surface area contributed by atoms with E-state index in [-0.39, 0.29) is 11.8 Å². The van der Waals surface area contributed by atoms with Crippen LogP contribution in [0, 0.1) is 0 Å². The molecule has 0 saturated heterocycles. The average molecular weight is 382 g/mol. The van der Waals surface area contributed by atoms with Gasteiger partial charge in [-0.15, -0.1) is 0 Å². The number of hydrogen-bond acceptors (Lipinski definition) is 4. The molecule has 3 rings (SSSR count). The second-order valence-corrected chi connectivity index (χ2v) is 6.97. The lowest BCUT2D eigenvalue weighted by atomic mass is 9.78. The van der Waals surface area contributed by atoms with E-state index in [4.69, 9.17) is 9.47 Å². The van der Waals surface area contributed by atoms with Gasteiger partial charge in [-0.3, -0.25) is 9.59 Å². The van der Waals surface area contributed by atoms with Crippen LogP contribution in [-0.2, 0) is 10.2 Å². The Balaban J connectivity index is 1.77. The molecular formula is C22H26N2O4. The van der Waals surface area contributed by atoms with Crippen molar-refractivity contribution in [2.75, 3.05) is 26.6 Å². The van der Waals surface area contributed by atoms with Crippen LogP contribution in [0.2, 0.25) is 0 Å². The molecule has 2 amide bonds. The van der Waals surface area contributed by atoms with Crippen LogP contribution in [0.4, 0.5) is 5.69 Å². The SMILES string of the molecule is CNC(=O)C1(c2ccc(NC(=O)c3ccc(OC)c(OC)c3)cc2)CCCC1. The molecule has 2 N–H and O–H groups in total. The summed E-state index contributed by atoms with van der Waals surface area (Å²) in [6.07, 6.45) is 3.80. The number of benzene rings is 2. The van der Waals surface area contributed by atoms with Crippen molar-refractivity contribution < 1.29 is 19.1 Å². The Hall–Kier alpha value is -3.02. The number of rotatable bonds is 6. The van der Waals surface area contributed by atoms with Crippen molar-refractivity contribution in [1.29, 1.82) is 0 Å². The molecule has 0 unspecified atom stereocenters. The highest BCUT2D eigenvalue weighted by Crippen LogP contribution is 2.41. The number of ether oxygens (including phenoxy) is 2. The predicted molar refractivity (Wildman–Crippen MR) is 108 cm³/mol. The van der Waals surface area contributed by atoms with Gasteiger partial charge >= 0.3 is 0 Å². The van der Waals surface area contributed by atoms with E-state index in [0.717, 1.165) is 31.2 Å². The summed E-state index contributed by atoms with van der Waals surface area (Å²) < 4.78 is 10.5. The molecule has 0 radical (unpaired) electrons. The summed E-state index contributed by atoms with van der Waals surface area (Å²) in [4.78, 5) is 25.1. The number of likely N-dealkylation sites (N-methyl/N-ethyl adjacent to an activating group) is 1. The van der Waals surface area contributed by atoms with Gasteiger partial charge in [0.1, 0.15) is 0 Å². The third-order valence-corrected chi connectivity index (χ3v) is 5.46. The molecule has 0 atom stereocenters. The topological polar surface area (TPSA) is 76.7 Å². The van der Waals surface area contributed by atoms with Crippen molar-refractivity contribution in [1.82, 2.24) is 5.32 Å². The van der Waals surface area contributed by atoms with Gasteiger partial charge in [0.2, 0.25) is 5.91 Å². The lowest BCUT2D eigenvalue weighted by molar-refractivity contribution is -0.126. The summed E-state index contributed by atoms with van der Waals surface area (Å²) in [5.74, 6) is 0.890. The smallest absolute Gasteiger partial charge is 0.255 e. The van der Waals surface area contributed by atoms with Crippen molar-refractivity contribution in [3.05, 3.63) is 53.6 Å². The van der Waals surface area contributed by atoms with Crippen molar-refractivity contribution >= 4 is 17.5 Å². The van der Waals surface area contributed by atoms with Crippen LogP contribution in [0.1, 0.15) is 41.6 Å². The Bertz CT molecular complexity index is 855. The monoisotopic (exact) mass is 382 g/mol. The van der Waals surface area contributed by atoms with Crippen LogP contribution in [0.15, 0.2) is 42.5 Å². The van der Waals surface area contributed by atoms with Gasteiger partial charge in [0, 0.05) is 18.3 Å². The fourth-order valence-corrected chi connectivity index (χ4v) is 3.92. The molecule has 148 valence electrons. The number of amides is 2. The maximum Gasteiger partial charge on any atom is 0.255 e. The summed E-state index contributed by atoms with van der Waals surface area (Å²) in [5, 5.41) is 5.69. The first kappa shape index (κ1) is 19.7. The number of nitrogens with one attached hydrogen (secondary N) is 2. The van der Waals surface area contributed by atoms with Crippen LogP contribution < -0.4 is 20.1 Å². The second kappa shape index (κ2) is 8.33. The van der Waals surface area contributed by atoms with Crippen molar-refractivity contribution in [3.63, 3.8) is 0 Å². The minimum absolute atomic E-state index is 0.0621. The van der Waals surface area contributed by atoms with Gasteiger partial charge in [0.05, 0.1) is 19.6 Å². The third-order valence-electron chi connectivity index (χ3n) is 5.46. The third kappa shape index (κ3) is 3.67. The van der Waals surface area contributed by atoms with E-state index < -0.39 is 5.41 Å². The molecule has 1 saturated carbocycles. The fraction of sp³-hybridized carbons (Fsp3) is 0.364. The van der Waals surface area contributed by atoms with E-state index in [1.807, 2.05) is 24.3 Å². The Morgan fingerprint density at radius 1 is 0.929 bits per heavy atom. The fourth-order valence-electron chi connectivity index (χ4n) is 3.92. The van der Waals surface area contributed by atoms with E-state index in [9.17, 15) is 9.59 Å². The zero-order chi connectivity index (χ0) is 20.1. The highest BCUT2D eigenvalue weighted by Gasteiger charge is 2.41. The first-order valence-corrected chi connectivity index (χ1v) is 9.40. The Morgan fingerprint density at radius 2 is 1.57 bits per heavy atom. The quantitative estimate of drug-likeness (QED) is 0.802. The molecular weight excluding hydrogens is 356 g/mol. The van der Waals surface area contributed by atoms with E-state index in [1.54, 1.807) is 32.4 Å². The molecule has 28 heavy (non-hydrogen) atoms. The molecule has 1 fully saturated rings. The Kier molecular flexibility index (Phi) is 5.87.